The number of piperidine rings is 1. The van der Waals surface area contributed by atoms with Gasteiger partial charge >= 0.3 is 0 Å². The Morgan fingerprint density at radius 2 is 1.81 bits per heavy atom. The number of Topliss-reactive ketones (excluding diaryl/α,β-unsaturated/α-hetero) is 1. The number of carbonyl (C=O) groups is 2. The zero-order valence-electron chi connectivity index (χ0n) is 17.6. The highest BCUT2D eigenvalue weighted by Gasteiger charge is 2.43. The van der Waals surface area contributed by atoms with E-state index in [2.05, 4.69) is 0 Å². The van der Waals surface area contributed by atoms with E-state index in [-0.39, 0.29) is 24.0 Å². The van der Waals surface area contributed by atoms with E-state index >= 15 is 0 Å². The molecule has 31 heavy (non-hydrogen) atoms. The van der Waals surface area contributed by atoms with Gasteiger partial charge in [0.05, 0.1) is 16.9 Å². The number of benzene rings is 2. The standard InChI is InChI=1S/C23H24N2O6/c1-15-11-19-20(26)13-23(31-21(19)12-16(15)2)7-9-24(10-8-23)22(27)14-30-18-5-3-17(4-6-18)25(28)29/h3-6,11-12H,7-10,13-14H2,1-2H3. The van der Waals surface area contributed by atoms with Gasteiger partial charge in [0.15, 0.2) is 12.4 Å². The number of likely N-dealkylation sites (tertiary alicyclic amines) is 1. The monoisotopic (exact) mass is 424 g/mol. The van der Waals surface area contributed by atoms with Crippen LogP contribution in [0.15, 0.2) is 36.4 Å². The van der Waals surface area contributed by atoms with Crippen molar-refractivity contribution >= 4 is 17.4 Å². The first kappa shape index (κ1) is 20.8. The average Bonchev–Trinajstić information content (AvgIpc) is 2.74. The number of nitrogens with zero attached hydrogens (tertiary/aromatic N) is 2. The lowest BCUT2D eigenvalue weighted by atomic mass is 9.82. The van der Waals surface area contributed by atoms with E-state index < -0.39 is 10.5 Å². The molecule has 2 aromatic carbocycles. The molecular formula is C23H24N2O6. The van der Waals surface area contributed by atoms with Gasteiger partial charge in [-0.3, -0.25) is 19.7 Å². The summed E-state index contributed by atoms with van der Waals surface area (Å²) in [5.41, 5.74) is 2.19. The van der Waals surface area contributed by atoms with Gasteiger partial charge in [0.1, 0.15) is 17.1 Å². The molecule has 1 spiro atoms. The number of aryl methyl sites for hydroxylation is 2. The summed E-state index contributed by atoms with van der Waals surface area (Å²) in [6.07, 6.45) is 1.48. The molecule has 0 bridgehead atoms. The molecule has 1 saturated heterocycles. The minimum atomic E-state index is -0.568. The van der Waals surface area contributed by atoms with Gasteiger partial charge in [-0.25, -0.2) is 0 Å². The fourth-order valence-electron chi connectivity index (χ4n) is 4.09. The molecule has 2 aliphatic rings. The van der Waals surface area contributed by atoms with Crippen LogP contribution in [0, 0.1) is 24.0 Å². The van der Waals surface area contributed by atoms with E-state index in [1.807, 2.05) is 26.0 Å². The number of ketones is 1. The number of rotatable bonds is 4. The number of nitro benzene ring substituents is 1. The Kier molecular flexibility index (Phi) is 5.39. The third-order valence-electron chi connectivity index (χ3n) is 6.14. The van der Waals surface area contributed by atoms with Gasteiger partial charge in [0.25, 0.3) is 11.6 Å². The quantitative estimate of drug-likeness (QED) is 0.549. The minimum absolute atomic E-state index is 0.0334. The van der Waals surface area contributed by atoms with Crippen LogP contribution in [0.2, 0.25) is 0 Å². The molecule has 1 amide bonds. The summed E-state index contributed by atoms with van der Waals surface area (Å²) in [6, 6.07) is 9.44. The van der Waals surface area contributed by atoms with E-state index in [1.54, 1.807) is 4.90 Å². The van der Waals surface area contributed by atoms with Crippen molar-refractivity contribution in [1.82, 2.24) is 4.90 Å². The highest BCUT2D eigenvalue weighted by molar-refractivity contribution is 6.00. The van der Waals surface area contributed by atoms with Crippen molar-refractivity contribution < 1.29 is 24.0 Å². The Morgan fingerprint density at radius 1 is 1.16 bits per heavy atom. The van der Waals surface area contributed by atoms with Crippen LogP contribution >= 0.6 is 0 Å². The van der Waals surface area contributed by atoms with Crippen molar-refractivity contribution in [2.45, 2.75) is 38.7 Å². The molecule has 0 unspecified atom stereocenters. The lowest BCUT2D eigenvalue weighted by molar-refractivity contribution is -0.384. The summed E-state index contributed by atoms with van der Waals surface area (Å²) < 4.78 is 11.8. The highest BCUT2D eigenvalue weighted by Crippen LogP contribution is 2.40. The van der Waals surface area contributed by atoms with Gasteiger partial charge in [0, 0.05) is 38.1 Å². The summed E-state index contributed by atoms with van der Waals surface area (Å²) in [6.45, 7) is 4.80. The second-order valence-electron chi connectivity index (χ2n) is 8.24. The van der Waals surface area contributed by atoms with Crippen LogP contribution in [0.1, 0.15) is 40.7 Å². The predicted octanol–water partition coefficient (Wildman–Crippen LogP) is 3.62. The number of ether oxygens (including phenoxy) is 2. The van der Waals surface area contributed by atoms with Gasteiger partial charge in [-0.05, 0) is 49.2 Å². The molecule has 0 N–H and O–H groups in total. The van der Waals surface area contributed by atoms with Crippen molar-refractivity contribution in [2.75, 3.05) is 19.7 Å². The topological polar surface area (TPSA) is 99.0 Å². The first-order valence-electron chi connectivity index (χ1n) is 10.2. The number of nitro groups is 1. The van der Waals surface area contributed by atoms with Gasteiger partial charge < -0.3 is 14.4 Å². The Balaban J connectivity index is 1.35. The van der Waals surface area contributed by atoms with E-state index in [0.29, 0.717) is 49.4 Å². The molecule has 2 heterocycles. The Hall–Kier alpha value is -3.42. The molecule has 0 atom stereocenters. The van der Waals surface area contributed by atoms with E-state index in [0.717, 1.165) is 11.1 Å². The molecule has 0 aromatic heterocycles. The van der Waals surface area contributed by atoms with Crippen molar-refractivity contribution in [3.63, 3.8) is 0 Å². The smallest absolute Gasteiger partial charge is 0.269 e. The average molecular weight is 424 g/mol. The maximum Gasteiger partial charge on any atom is 0.269 e. The molecule has 1 fully saturated rings. The van der Waals surface area contributed by atoms with E-state index in [4.69, 9.17) is 9.47 Å². The number of fused-ring (bicyclic) bond motifs is 1. The van der Waals surface area contributed by atoms with Gasteiger partial charge in [-0.1, -0.05) is 0 Å². The van der Waals surface area contributed by atoms with Crippen molar-refractivity contribution in [2.24, 2.45) is 0 Å². The molecule has 0 aliphatic carbocycles. The van der Waals surface area contributed by atoms with Crippen molar-refractivity contribution in [1.29, 1.82) is 0 Å². The fourth-order valence-corrected chi connectivity index (χ4v) is 4.09. The second-order valence-corrected chi connectivity index (χ2v) is 8.24. The van der Waals surface area contributed by atoms with Gasteiger partial charge in [-0.2, -0.15) is 0 Å². The molecule has 8 nitrogen and oxygen atoms in total. The van der Waals surface area contributed by atoms with Crippen LogP contribution in [0.3, 0.4) is 0 Å². The number of non-ortho nitro benzene ring substituents is 1. The maximum atomic E-state index is 12.7. The Morgan fingerprint density at radius 3 is 2.45 bits per heavy atom. The predicted molar refractivity (Wildman–Crippen MR) is 113 cm³/mol. The number of carbonyl (C=O) groups excluding carboxylic acids is 2. The normalized spacial score (nSPS) is 17.1. The summed E-state index contributed by atoms with van der Waals surface area (Å²) in [5, 5.41) is 10.7. The molecule has 2 aliphatic heterocycles. The number of hydrogen-bond donors (Lipinski definition) is 0. The Labute approximate surface area is 179 Å². The summed E-state index contributed by atoms with van der Waals surface area (Å²) in [7, 11) is 0. The SMILES string of the molecule is Cc1cc2c(cc1C)C(=O)CC1(CCN(C(=O)COc3ccc([N+](=O)[O-])cc3)CC1)O2. The van der Waals surface area contributed by atoms with E-state index in [1.165, 1.54) is 24.3 Å². The first-order chi connectivity index (χ1) is 14.8. The van der Waals surface area contributed by atoms with Crippen molar-refractivity contribution in [3.05, 3.63) is 63.2 Å². The summed E-state index contributed by atoms with van der Waals surface area (Å²) in [5.74, 6) is 0.962. The lowest BCUT2D eigenvalue weighted by Gasteiger charge is -2.44. The van der Waals surface area contributed by atoms with Gasteiger partial charge in [-0.15, -0.1) is 0 Å². The molecule has 4 rings (SSSR count). The third-order valence-corrected chi connectivity index (χ3v) is 6.14. The largest absolute Gasteiger partial charge is 0.486 e. The first-order valence-corrected chi connectivity index (χ1v) is 10.2. The molecule has 2 aromatic rings. The molecule has 0 radical (unpaired) electrons. The van der Waals surface area contributed by atoms with Crippen LogP contribution in [0.5, 0.6) is 11.5 Å². The lowest BCUT2D eigenvalue weighted by Crippen LogP contribution is -2.53. The zero-order chi connectivity index (χ0) is 22.2. The van der Waals surface area contributed by atoms with Crippen LogP contribution in [0.25, 0.3) is 0 Å². The van der Waals surface area contributed by atoms with Crippen LogP contribution in [-0.2, 0) is 4.79 Å². The molecular weight excluding hydrogens is 400 g/mol. The third kappa shape index (κ3) is 4.23. The fraction of sp³-hybridized carbons (Fsp3) is 0.391. The summed E-state index contributed by atoms with van der Waals surface area (Å²) in [4.78, 5) is 37.2. The van der Waals surface area contributed by atoms with Crippen LogP contribution < -0.4 is 9.47 Å². The Bertz CT molecular complexity index is 1040. The second kappa shape index (κ2) is 8.02. The molecule has 162 valence electrons. The number of amides is 1. The zero-order valence-corrected chi connectivity index (χ0v) is 17.6. The molecule has 8 heteroatoms. The van der Waals surface area contributed by atoms with Gasteiger partial charge in [0.2, 0.25) is 0 Å². The van der Waals surface area contributed by atoms with Crippen LogP contribution in [0.4, 0.5) is 5.69 Å². The van der Waals surface area contributed by atoms with Crippen LogP contribution in [-0.4, -0.2) is 46.8 Å². The summed E-state index contributed by atoms with van der Waals surface area (Å²) >= 11 is 0. The van der Waals surface area contributed by atoms with Crippen molar-refractivity contribution in [3.8, 4) is 11.5 Å². The van der Waals surface area contributed by atoms with E-state index in [9.17, 15) is 19.7 Å². The minimum Gasteiger partial charge on any atom is -0.486 e. The highest BCUT2D eigenvalue weighted by atomic mass is 16.6. The molecule has 0 saturated carbocycles. The maximum absolute atomic E-state index is 12.7. The number of hydrogen-bond acceptors (Lipinski definition) is 6.